The molecule has 0 heterocycles. The summed E-state index contributed by atoms with van der Waals surface area (Å²) in [6.07, 6.45) is 1.02. The van der Waals surface area contributed by atoms with Gasteiger partial charge in [-0.05, 0) is 29.3 Å². The van der Waals surface area contributed by atoms with Crippen molar-refractivity contribution in [2.45, 2.75) is 26.8 Å². The summed E-state index contributed by atoms with van der Waals surface area (Å²) in [5.74, 6) is -1.07. The van der Waals surface area contributed by atoms with Gasteiger partial charge >= 0.3 is 5.97 Å². The smallest absolute Gasteiger partial charge is 0.307 e. The van der Waals surface area contributed by atoms with Gasteiger partial charge in [-0.1, -0.05) is 56.3 Å². The van der Waals surface area contributed by atoms with E-state index in [0.29, 0.717) is 6.54 Å². The zero-order chi connectivity index (χ0) is 15.2. The summed E-state index contributed by atoms with van der Waals surface area (Å²) in [4.78, 5) is 13.3. The molecule has 0 fully saturated rings. The van der Waals surface area contributed by atoms with Crippen LogP contribution in [-0.4, -0.2) is 29.1 Å². The summed E-state index contributed by atoms with van der Waals surface area (Å²) < 4.78 is 0. The molecule has 0 aromatic heterocycles. The highest BCUT2D eigenvalue weighted by atomic mass is 16.4. The minimum atomic E-state index is -0.728. The second-order valence-corrected chi connectivity index (χ2v) is 5.61. The molecular formula is C18H23NO2. The van der Waals surface area contributed by atoms with Crippen molar-refractivity contribution in [2.24, 2.45) is 5.92 Å². The third-order valence-corrected chi connectivity index (χ3v) is 3.77. The SMILES string of the molecule is CCCN(Cc1cccc2ccccc12)CC(C)C(=O)O. The number of hydrogen-bond donors (Lipinski definition) is 1. The molecule has 1 atom stereocenters. The number of rotatable bonds is 7. The average molecular weight is 285 g/mol. The minimum Gasteiger partial charge on any atom is -0.481 e. The molecule has 1 N–H and O–H groups in total. The first-order valence-electron chi connectivity index (χ1n) is 7.53. The van der Waals surface area contributed by atoms with Gasteiger partial charge in [-0.3, -0.25) is 9.69 Å². The predicted molar refractivity (Wildman–Crippen MR) is 86.3 cm³/mol. The second kappa shape index (κ2) is 7.23. The monoisotopic (exact) mass is 285 g/mol. The number of carboxylic acid groups (broad SMARTS) is 1. The Labute approximate surface area is 126 Å². The van der Waals surface area contributed by atoms with Crippen LogP contribution in [0.1, 0.15) is 25.8 Å². The van der Waals surface area contributed by atoms with Crippen molar-refractivity contribution < 1.29 is 9.90 Å². The Morgan fingerprint density at radius 2 is 1.90 bits per heavy atom. The van der Waals surface area contributed by atoms with Crippen LogP contribution in [0.4, 0.5) is 0 Å². The molecule has 0 bridgehead atoms. The second-order valence-electron chi connectivity index (χ2n) is 5.61. The standard InChI is InChI=1S/C18H23NO2/c1-3-11-19(12-14(2)18(20)21)13-16-9-6-8-15-7-4-5-10-17(15)16/h4-10,14H,3,11-13H2,1-2H3,(H,20,21). The topological polar surface area (TPSA) is 40.5 Å². The number of hydrogen-bond acceptors (Lipinski definition) is 2. The Hall–Kier alpha value is -1.87. The van der Waals surface area contributed by atoms with Crippen molar-refractivity contribution in [1.29, 1.82) is 0 Å². The van der Waals surface area contributed by atoms with Crippen molar-refractivity contribution in [1.82, 2.24) is 4.90 Å². The van der Waals surface area contributed by atoms with E-state index in [-0.39, 0.29) is 5.92 Å². The van der Waals surface area contributed by atoms with Crippen LogP contribution in [0.5, 0.6) is 0 Å². The van der Waals surface area contributed by atoms with Crippen molar-refractivity contribution in [3.05, 3.63) is 48.0 Å². The van der Waals surface area contributed by atoms with Crippen molar-refractivity contribution >= 4 is 16.7 Å². The lowest BCUT2D eigenvalue weighted by atomic mass is 10.0. The summed E-state index contributed by atoms with van der Waals surface area (Å²) in [7, 11) is 0. The molecule has 112 valence electrons. The Morgan fingerprint density at radius 3 is 2.62 bits per heavy atom. The molecule has 0 aliphatic rings. The number of fused-ring (bicyclic) bond motifs is 1. The minimum absolute atomic E-state index is 0.341. The molecule has 0 amide bonds. The maximum atomic E-state index is 11.1. The van der Waals surface area contributed by atoms with Crippen LogP contribution in [0, 0.1) is 5.92 Å². The lowest BCUT2D eigenvalue weighted by Gasteiger charge is -2.24. The van der Waals surface area contributed by atoms with E-state index in [4.69, 9.17) is 5.11 Å². The normalized spacial score (nSPS) is 12.7. The quantitative estimate of drug-likeness (QED) is 0.841. The Morgan fingerprint density at radius 1 is 1.19 bits per heavy atom. The van der Waals surface area contributed by atoms with E-state index < -0.39 is 5.97 Å². The van der Waals surface area contributed by atoms with E-state index in [9.17, 15) is 4.79 Å². The molecule has 2 rings (SSSR count). The summed E-state index contributed by atoms with van der Waals surface area (Å²) in [5.41, 5.74) is 1.26. The molecule has 3 nitrogen and oxygen atoms in total. The van der Waals surface area contributed by atoms with E-state index in [1.165, 1.54) is 16.3 Å². The molecule has 0 radical (unpaired) electrons. The predicted octanol–water partition coefficient (Wildman–Crippen LogP) is 3.77. The van der Waals surface area contributed by atoms with Crippen molar-refractivity contribution in [3.63, 3.8) is 0 Å². The fourth-order valence-corrected chi connectivity index (χ4v) is 2.69. The Bertz CT molecular complexity index is 604. The number of carbonyl (C=O) groups is 1. The van der Waals surface area contributed by atoms with E-state index in [2.05, 4.69) is 48.2 Å². The highest BCUT2D eigenvalue weighted by Crippen LogP contribution is 2.20. The zero-order valence-electron chi connectivity index (χ0n) is 12.7. The van der Waals surface area contributed by atoms with E-state index >= 15 is 0 Å². The molecule has 1 unspecified atom stereocenters. The molecule has 0 aliphatic carbocycles. The van der Waals surface area contributed by atoms with Crippen LogP contribution < -0.4 is 0 Å². The fraction of sp³-hybridized carbons (Fsp3) is 0.389. The summed E-state index contributed by atoms with van der Waals surface area (Å²) in [6.45, 7) is 6.20. The first-order chi connectivity index (χ1) is 10.1. The third-order valence-electron chi connectivity index (χ3n) is 3.77. The highest BCUT2D eigenvalue weighted by Gasteiger charge is 2.16. The van der Waals surface area contributed by atoms with Gasteiger partial charge in [-0.15, -0.1) is 0 Å². The number of carboxylic acids is 1. The Balaban J connectivity index is 2.20. The summed E-state index contributed by atoms with van der Waals surface area (Å²) in [6, 6.07) is 14.7. The zero-order valence-corrected chi connectivity index (χ0v) is 12.7. The van der Waals surface area contributed by atoms with Gasteiger partial charge in [0.05, 0.1) is 5.92 Å². The van der Waals surface area contributed by atoms with Gasteiger partial charge in [0.25, 0.3) is 0 Å². The van der Waals surface area contributed by atoms with Gasteiger partial charge in [0, 0.05) is 13.1 Å². The molecule has 2 aromatic carbocycles. The first-order valence-corrected chi connectivity index (χ1v) is 7.53. The molecule has 0 spiro atoms. The van der Waals surface area contributed by atoms with E-state index in [1.54, 1.807) is 6.92 Å². The average Bonchev–Trinajstić information content (AvgIpc) is 2.47. The lowest BCUT2D eigenvalue weighted by molar-refractivity contribution is -0.141. The molecule has 3 heteroatoms. The van der Waals surface area contributed by atoms with E-state index in [1.807, 2.05) is 6.07 Å². The number of benzene rings is 2. The molecule has 0 saturated heterocycles. The highest BCUT2D eigenvalue weighted by molar-refractivity contribution is 5.85. The van der Waals surface area contributed by atoms with Gasteiger partial charge in [-0.2, -0.15) is 0 Å². The van der Waals surface area contributed by atoms with Crippen LogP contribution in [0.15, 0.2) is 42.5 Å². The van der Waals surface area contributed by atoms with Crippen LogP contribution in [-0.2, 0) is 11.3 Å². The summed E-state index contributed by atoms with van der Waals surface area (Å²) in [5, 5.41) is 11.6. The van der Waals surface area contributed by atoms with Crippen LogP contribution >= 0.6 is 0 Å². The Kier molecular flexibility index (Phi) is 5.34. The van der Waals surface area contributed by atoms with Gasteiger partial charge in [-0.25, -0.2) is 0 Å². The molecular weight excluding hydrogens is 262 g/mol. The number of nitrogens with zero attached hydrogens (tertiary/aromatic N) is 1. The van der Waals surface area contributed by atoms with Crippen LogP contribution in [0.25, 0.3) is 10.8 Å². The molecule has 0 saturated carbocycles. The van der Waals surface area contributed by atoms with Crippen molar-refractivity contribution in [3.8, 4) is 0 Å². The maximum absolute atomic E-state index is 11.1. The largest absolute Gasteiger partial charge is 0.481 e. The van der Waals surface area contributed by atoms with Gasteiger partial charge < -0.3 is 5.11 Å². The molecule has 0 aliphatic heterocycles. The maximum Gasteiger partial charge on any atom is 0.307 e. The van der Waals surface area contributed by atoms with Gasteiger partial charge in [0.2, 0.25) is 0 Å². The fourth-order valence-electron chi connectivity index (χ4n) is 2.69. The molecule has 21 heavy (non-hydrogen) atoms. The van der Waals surface area contributed by atoms with Crippen molar-refractivity contribution in [2.75, 3.05) is 13.1 Å². The van der Waals surface area contributed by atoms with Gasteiger partial charge in [0.1, 0.15) is 0 Å². The third kappa shape index (κ3) is 4.05. The van der Waals surface area contributed by atoms with E-state index in [0.717, 1.165) is 19.5 Å². The van der Waals surface area contributed by atoms with Crippen LogP contribution in [0.3, 0.4) is 0 Å². The number of aliphatic carboxylic acids is 1. The lowest BCUT2D eigenvalue weighted by Crippen LogP contribution is -2.32. The van der Waals surface area contributed by atoms with Gasteiger partial charge in [0.15, 0.2) is 0 Å². The first kappa shape index (κ1) is 15.5. The summed E-state index contributed by atoms with van der Waals surface area (Å²) >= 11 is 0. The molecule has 2 aromatic rings. The van der Waals surface area contributed by atoms with Crippen LogP contribution in [0.2, 0.25) is 0 Å².